The van der Waals surface area contributed by atoms with Crippen LogP contribution in [-0.2, 0) is 24.2 Å². The standard InChI is InChI=1S/C36H43ClN8O2/c1-6-10-19-32-39-35(37)33(34(46)31-18-14-17-28(38-31)24-43(7-2)8-3)44(32)23-26-20-21-29(27-15-12-11-13-16-27)30(22-26)36-40-41-42-45(36)25(5)47-9-4/h11-18,20-22,25H,6-10,19,23-24H2,1-5H3. The van der Waals surface area contributed by atoms with Crippen molar-refractivity contribution in [3.63, 3.8) is 0 Å². The number of aryl methyl sites for hydroxylation is 1. The fourth-order valence-electron chi connectivity index (χ4n) is 5.73. The van der Waals surface area contributed by atoms with Crippen molar-refractivity contribution in [2.75, 3.05) is 19.7 Å². The number of hydrogen-bond acceptors (Lipinski definition) is 8. The Morgan fingerprint density at radius 3 is 2.47 bits per heavy atom. The van der Waals surface area contributed by atoms with Crippen LogP contribution in [0.25, 0.3) is 22.5 Å². The van der Waals surface area contributed by atoms with Crippen molar-refractivity contribution in [1.29, 1.82) is 0 Å². The van der Waals surface area contributed by atoms with Crippen LogP contribution in [0.4, 0.5) is 0 Å². The van der Waals surface area contributed by atoms with Gasteiger partial charge in [-0.05, 0) is 78.7 Å². The molecule has 1 unspecified atom stereocenters. The molecule has 5 aromatic rings. The van der Waals surface area contributed by atoms with E-state index in [1.54, 1.807) is 10.7 Å². The fraction of sp³-hybridized carbons (Fsp3) is 0.389. The number of carbonyl (C=O) groups is 1. The molecule has 0 fully saturated rings. The Morgan fingerprint density at radius 2 is 1.74 bits per heavy atom. The minimum absolute atomic E-state index is 0.188. The summed E-state index contributed by atoms with van der Waals surface area (Å²) in [5, 5.41) is 12.9. The number of pyridine rings is 1. The van der Waals surface area contributed by atoms with Gasteiger partial charge in [-0.25, -0.2) is 9.97 Å². The molecular formula is C36H43ClN8O2. The van der Waals surface area contributed by atoms with Crippen molar-refractivity contribution in [3.8, 4) is 22.5 Å². The van der Waals surface area contributed by atoms with Crippen LogP contribution in [0, 0.1) is 0 Å². The molecule has 10 nitrogen and oxygen atoms in total. The number of hydrogen-bond donors (Lipinski definition) is 0. The van der Waals surface area contributed by atoms with Crippen molar-refractivity contribution in [2.24, 2.45) is 0 Å². The number of carbonyl (C=O) groups excluding carboxylic acids is 1. The quantitative estimate of drug-likeness (QED) is 0.102. The number of benzene rings is 2. The third-order valence-electron chi connectivity index (χ3n) is 8.29. The minimum Gasteiger partial charge on any atom is -0.357 e. The lowest BCUT2D eigenvalue weighted by atomic mass is 9.96. The number of tetrazole rings is 1. The fourth-order valence-corrected chi connectivity index (χ4v) is 6.01. The molecule has 0 saturated heterocycles. The average molecular weight is 655 g/mol. The molecule has 11 heteroatoms. The summed E-state index contributed by atoms with van der Waals surface area (Å²) in [5.74, 6) is 1.11. The van der Waals surface area contributed by atoms with Crippen LogP contribution in [0.1, 0.15) is 87.0 Å². The summed E-state index contributed by atoms with van der Waals surface area (Å²) in [6.07, 6.45) is 2.23. The van der Waals surface area contributed by atoms with Crippen molar-refractivity contribution >= 4 is 17.4 Å². The zero-order valence-electron chi connectivity index (χ0n) is 27.9. The number of unbranched alkanes of at least 4 members (excludes halogenated alkanes) is 1. The first-order valence-electron chi connectivity index (χ1n) is 16.4. The van der Waals surface area contributed by atoms with E-state index >= 15 is 0 Å². The van der Waals surface area contributed by atoms with Crippen LogP contribution in [0.2, 0.25) is 5.15 Å². The Balaban J connectivity index is 1.59. The van der Waals surface area contributed by atoms with Crippen molar-refractivity contribution in [2.45, 2.75) is 73.2 Å². The highest BCUT2D eigenvalue weighted by Crippen LogP contribution is 2.34. The van der Waals surface area contributed by atoms with Crippen LogP contribution in [0.15, 0.2) is 66.7 Å². The first-order valence-corrected chi connectivity index (χ1v) is 16.8. The zero-order chi connectivity index (χ0) is 33.3. The molecule has 3 aromatic heterocycles. The van der Waals surface area contributed by atoms with E-state index in [2.05, 4.69) is 71.5 Å². The summed E-state index contributed by atoms with van der Waals surface area (Å²) in [4.78, 5) is 25.9. The van der Waals surface area contributed by atoms with Crippen molar-refractivity contribution in [3.05, 3.63) is 100 Å². The van der Waals surface area contributed by atoms with Gasteiger partial charge in [0.2, 0.25) is 5.78 Å². The molecule has 3 heterocycles. The summed E-state index contributed by atoms with van der Waals surface area (Å²) in [5.41, 5.74) is 5.35. The van der Waals surface area contributed by atoms with Gasteiger partial charge in [-0.2, -0.15) is 4.68 Å². The van der Waals surface area contributed by atoms with E-state index in [-0.39, 0.29) is 17.2 Å². The number of ketones is 1. The molecule has 0 aliphatic rings. The second kappa shape index (κ2) is 16.0. The molecule has 0 amide bonds. The SMILES string of the molecule is CCCCc1nc(Cl)c(C(=O)c2cccc(CN(CC)CC)n2)n1Cc1ccc(-c2ccccc2)c(-c2nnnn2C(C)OCC)c1. The van der Waals surface area contributed by atoms with Gasteiger partial charge in [0.1, 0.15) is 17.2 Å². The summed E-state index contributed by atoms with van der Waals surface area (Å²) in [6.45, 7) is 13.6. The molecule has 0 N–H and O–H groups in total. The first kappa shape index (κ1) is 34.1. The maximum atomic E-state index is 14.2. The lowest BCUT2D eigenvalue weighted by Crippen LogP contribution is -2.23. The molecule has 47 heavy (non-hydrogen) atoms. The minimum atomic E-state index is -0.361. The molecule has 0 radical (unpaired) electrons. The molecule has 246 valence electrons. The Kier molecular flexibility index (Phi) is 11.6. The maximum Gasteiger partial charge on any atom is 0.230 e. The summed E-state index contributed by atoms with van der Waals surface area (Å²) in [7, 11) is 0. The predicted octanol–water partition coefficient (Wildman–Crippen LogP) is 7.27. The molecular weight excluding hydrogens is 612 g/mol. The van der Waals surface area contributed by atoms with Gasteiger partial charge < -0.3 is 9.30 Å². The van der Waals surface area contributed by atoms with E-state index < -0.39 is 0 Å². The van der Waals surface area contributed by atoms with Gasteiger partial charge in [-0.1, -0.05) is 87.3 Å². The van der Waals surface area contributed by atoms with Gasteiger partial charge in [0.25, 0.3) is 0 Å². The second-order valence-electron chi connectivity index (χ2n) is 11.4. The zero-order valence-corrected chi connectivity index (χ0v) is 28.6. The molecule has 0 saturated carbocycles. The van der Waals surface area contributed by atoms with E-state index in [4.69, 9.17) is 26.3 Å². The van der Waals surface area contributed by atoms with E-state index in [0.29, 0.717) is 43.3 Å². The van der Waals surface area contributed by atoms with E-state index in [1.165, 1.54) is 0 Å². The molecule has 1 atom stereocenters. The summed E-state index contributed by atoms with van der Waals surface area (Å²) < 4.78 is 9.50. The van der Waals surface area contributed by atoms with Gasteiger partial charge in [-0.3, -0.25) is 9.69 Å². The van der Waals surface area contributed by atoms with Crippen LogP contribution >= 0.6 is 11.6 Å². The maximum absolute atomic E-state index is 14.2. The van der Waals surface area contributed by atoms with Gasteiger partial charge >= 0.3 is 0 Å². The van der Waals surface area contributed by atoms with Gasteiger partial charge in [-0.15, -0.1) is 5.10 Å². The highest BCUT2D eigenvalue weighted by atomic mass is 35.5. The highest BCUT2D eigenvalue weighted by Gasteiger charge is 2.26. The Labute approximate surface area is 281 Å². The van der Waals surface area contributed by atoms with Gasteiger partial charge in [0, 0.05) is 31.7 Å². The smallest absolute Gasteiger partial charge is 0.230 e. The van der Waals surface area contributed by atoms with E-state index in [0.717, 1.165) is 59.7 Å². The number of imidazole rings is 1. The molecule has 0 aliphatic carbocycles. The monoisotopic (exact) mass is 654 g/mol. The molecule has 5 rings (SSSR count). The molecule has 0 spiro atoms. The predicted molar refractivity (Wildman–Crippen MR) is 184 cm³/mol. The number of nitrogens with zero attached hydrogens (tertiary/aromatic N) is 8. The Morgan fingerprint density at radius 1 is 0.957 bits per heavy atom. The Hall–Kier alpha value is -4.25. The first-order chi connectivity index (χ1) is 22.9. The lowest BCUT2D eigenvalue weighted by Gasteiger charge is -2.18. The third-order valence-corrected chi connectivity index (χ3v) is 8.55. The van der Waals surface area contributed by atoms with Gasteiger partial charge in [0.15, 0.2) is 17.2 Å². The second-order valence-corrected chi connectivity index (χ2v) is 11.8. The lowest BCUT2D eigenvalue weighted by molar-refractivity contribution is 0.0159. The van der Waals surface area contributed by atoms with E-state index in [9.17, 15) is 4.79 Å². The largest absolute Gasteiger partial charge is 0.357 e. The molecule has 2 aromatic carbocycles. The van der Waals surface area contributed by atoms with Crippen LogP contribution in [0.5, 0.6) is 0 Å². The number of aromatic nitrogens is 7. The normalized spacial score (nSPS) is 12.1. The number of rotatable bonds is 16. The average Bonchev–Trinajstić information content (AvgIpc) is 3.71. The Bertz CT molecular complexity index is 1780. The molecule has 0 bridgehead atoms. The van der Waals surface area contributed by atoms with E-state index in [1.807, 2.05) is 48.7 Å². The van der Waals surface area contributed by atoms with Gasteiger partial charge in [0.05, 0.1) is 5.69 Å². The highest BCUT2D eigenvalue weighted by molar-refractivity contribution is 6.33. The number of halogens is 1. The third kappa shape index (κ3) is 7.84. The van der Waals surface area contributed by atoms with Crippen LogP contribution in [-0.4, -0.2) is 65.1 Å². The van der Waals surface area contributed by atoms with Crippen LogP contribution < -0.4 is 0 Å². The van der Waals surface area contributed by atoms with Crippen LogP contribution in [0.3, 0.4) is 0 Å². The molecule has 0 aliphatic heterocycles. The topological polar surface area (TPSA) is 104 Å². The summed E-state index contributed by atoms with van der Waals surface area (Å²) >= 11 is 6.78. The number of ether oxygens (including phenoxy) is 1. The summed E-state index contributed by atoms with van der Waals surface area (Å²) in [6, 6.07) is 22.0. The van der Waals surface area contributed by atoms with Crippen molar-refractivity contribution < 1.29 is 9.53 Å². The van der Waals surface area contributed by atoms with Crippen molar-refractivity contribution in [1.82, 2.24) is 39.6 Å².